The van der Waals surface area contributed by atoms with E-state index in [4.69, 9.17) is 9.97 Å². The molecule has 1 atom stereocenters. The van der Waals surface area contributed by atoms with E-state index < -0.39 is 0 Å². The summed E-state index contributed by atoms with van der Waals surface area (Å²) in [6.07, 6.45) is 3.84. The summed E-state index contributed by atoms with van der Waals surface area (Å²) in [4.78, 5) is 16.3. The van der Waals surface area contributed by atoms with Crippen LogP contribution in [0.15, 0.2) is 30.6 Å². The highest BCUT2D eigenvalue weighted by Crippen LogP contribution is 2.32. The van der Waals surface area contributed by atoms with E-state index in [9.17, 15) is 5.11 Å². The molecule has 3 aromatic rings. The van der Waals surface area contributed by atoms with Crippen LogP contribution in [0.25, 0.3) is 11.2 Å². The van der Waals surface area contributed by atoms with Crippen LogP contribution in [0, 0.1) is 3.57 Å². The molecule has 8 heteroatoms. The molecule has 28 heavy (non-hydrogen) atoms. The standard InChI is InChI=1S/C20H25IN6O/c1-13(2)27-11-23-17-19(22-10-14-5-3-6-15(21)9-14)24-18(25-20(17)27)16-7-4-8-26(16)12-28/h3,5-6,9,11,13,16,28H,4,7-8,10,12H2,1-2H3,(H,22,24,25)/t16-/m1/s1. The summed E-state index contributed by atoms with van der Waals surface area (Å²) in [5, 5.41) is 13.2. The summed E-state index contributed by atoms with van der Waals surface area (Å²) in [6, 6.07) is 8.71. The third kappa shape index (κ3) is 3.85. The lowest BCUT2D eigenvalue weighted by atomic mass is 10.2. The van der Waals surface area contributed by atoms with Crippen molar-refractivity contribution < 1.29 is 5.11 Å². The van der Waals surface area contributed by atoms with Crippen molar-refractivity contribution in [1.82, 2.24) is 24.4 Å². The van der Waals surface area contributed by atoms with E-state index in [1.54, 1.807) is 0 Å². The predicted octanol–water partition coefficient (Wildman–Crippen LogP) is 3.71. The Bertz CT molecular complexity index is 972. The van der Waals surface area contributed by atoms with Crippen molar-refractivity contribution in [2.45, 2.75) is 45.3 Å². The first-order valence-electron chi connectivity index (χ1n) is 9.64. The molecule has 0 saturated carbocycles. The Morgan fingerprint density at radius 2 is 2.18 bits per heavy atom. The minimum atomic E-state index is 0.0285. The first-order chi connectivity index (χ1) is 13.6. The van der Waals surface area contributed by atoms with E-state index in [1.807, 2.05) is 11.2 Å². The van der Waals surface area contributed by atoms with Gasteiger partial charge in [0.1, 0.15) is 5.52 Å². The molecule has 0 bridgehead atoms. The van der Waals surface area contributed by atoms with Gasteiger partial charge in [0.05, 0.1) is 19.1 Å². The SMILES string of the molecule is CC(C)n1cnc2c(NCc3cccc(I)c3)nc([C@H]3CCCN3CO)nc21. The van der Waals surface area contributed by atoms with Gasteiger partial charge in [-0.1, -0.05) is 12.1 Å². The quantitative estimate of drug-likeness (QED) is 0.511. The maximum absolute atomic E-state index is 9.70. The molecule has 2 aromatic heterocycles. The van der Waals surface area contributed by atoms with E-state index in [0.29, 0.717) is 6.54 Å². The van der Waals surface area contributed by atoms with E-state index in [0.717, 1.165) is 42.2 Å². The minimum Gasteiger partial charge on any atom is -0.381 e. The van der Waals surface area contributed by atoms with Gasteiger partial charge in [-0.15, -0.1) is 0 Å². The third-order valence-corrected chi connectivity index (χ3v) is 5.86. The normalized spacial score (nSPS) is 17.7. The zero-order chi connectivity index (χ0) is 19.7. The van der Waals surface area contributed by atoms with Gasteiger partial charge in [-0.05, 0) is 67.0 Å². The molecular weight excluding hydrogens is 467 g/mol. The number of halogens is 1. The lowest BCUT2D eigenvalue weighted by Gasteiger charge is -2.21. The van der Waals surface area contributed by atoms with Gasteiger partial charge in [-0.25, -0.2) is 15.0 Å². The van der Waals surface area contributed by atoms with Crippen LogP contribution in [0.2, 0.25) is 0 Å². The van der Waals surface area contributed by atoms with E-state index >= 15 is 0 Å². The number of aliphatic hydroxyl groups is 1. The van der Waals surface area contributed by atoms with E-state index in [1.165, 1.54) is 9.13 Å². The number of nitrogens with one attached hydrogen (secondary N) is 1. The van der Waals surface area contributed by atoms with Crippen LogP contribution in [0.4, 0.5) is 5.82 Å². The van der Waals surface area contributed by atoms with Crippen molar-refractivity contribution in [3.8, 4) is 0 Å². The van der Waals surface area contributed by atoms with Crippen molar-refractivity contribution in [1.29, 1.82) is 0 Å². The number of hydrogen-bond donors (Lipinski definition) is 2. The Labute approximate surface area is 178 Å². The van der Waals surface area contributed by atoms with Crippen molar-refractivity contribution in [2.75, 3.05) is 18.6 Å². The van der Waals surface area contributed by atoms with Crippen molar-refractivity contribution in [3.05, 3.63) is 45.6 Å². The number of anilines is 1. The smallest absolute Gasteiger partial charge is 0.166 e. The van der Waals surface area contributed by atoms with Crippen molar-refractivity contribution >= 4 is 39.6 Å². The fourth-order valence-corrected chi connectivity index (χ4v) is 4.31. The first kappa shape index (κ1) is 19.5. The number of nitrogens with zero attached hydrogens (tertiary/aromatic N) is 5. The van der Waals surface area contributed by atoms with Gasteiger partial charge < -0.3 is 15.0 Å². The van der Waals surface area contributed by atoms with Gasteiger partial charge in [0.2, 0.25) is 0 Å². The molecule has 3 heterocycles. The molecule has 1 aromatic carbocycles. The number of imidazole rings is 1. The lowest BCUT2D eigenvalue weighted by molar-refractivity contribution is 0.0933. The Morgan fingerprint density at radius 1 is 1.32 bits per heavy atom. The highest BCUT2D eigenvalue weighted by molar-refractivity contribution is 14.1. The second-order valence-corrected chi connectivity index (χ2v) is 8.69. The molecule has 0 radical (unpaired) electrons. The van der Waals surface area contributed by atoms with Crippen molar-refractivity contribution in [3.63, 3.8) is 0 Å². The van der Waals surface area contributed by atoms with Gasteiger partial charge in [0, 0.05) is 22.7 Å². The van der Waals surface area contributed by atoms with Crippen LogP contribution in [0.3, 0.4) is 0 Å². The van der Waals surface area contributed by atoms with E-state index in [-0.39, 0.29) is 18.8 Å². The summed E-state index contributed by atoms with van der Waals surface area (Å²) in [5.74, 6) is 1.51. The molecule has 1 fully saturated rings. The maximum Gasteiger partial charge on any atom is 0.166 e. The number of rotatable bonds is 6. The molecule has 0 aliphatic carbocycles. The predicted molar refractivity (Wildman–Crippen MR) is 118 cm³/mol. The average molecular weight is 492 g/mol. The molecule has 4 rings (SSSR count). The van der Waals surface area contributed by atoms with Crippen LogP contribution in [0.1, 0.15) is 50.2 Å². The molecule has 2 N–H and O–H groups in total. The Kier molecular flexibility index (Phi) is 5.79. The zero-order valence-electron chi connectivity index (χ0n) is 16.1. The lowest BCUT2D eigenvalue weighted by Crippen LogP contribution is -2.26. The minimum absolute atomic E-state index is 0.0285. The van der Waals surface area contributed by atoms with Crippen molar-refractivity contribution in [2.24, 2.45) is 0 Å². The maximum atomic E-state index is 9.70. The fourth-order valence-electron chi connectivity index (χ4n) is 3.70. The summed E-state index contributed by atoms with van der Waals surface area (Å²) in [7, 11) is 0. The largest absolute Gasteiger partial charge is 0.381 e. The van der Waals surface area contributed by atoms with E-state index in [2.05, 4.69) is 75.6 Å². The monoisotopic (exact) mass is 492 g/mol. The van der Waals surface area contributed by atoms with Crippen LogP contribution in [-0.4, -0.2) is 42.8 Å². The molecule has 148 valence electrons. The number of benzene rings is 1. The Hall–Kier alpha value is -1.78. The van der Waals surface area contributed by atoms with Gasteiger partial charge in [0.15, 0.2) is 17.3 Å². The second kappa shape index (κ2) is 8.30. The summed E-state index contributed by atoms with van der Waals surface area (Å²) >= 11 is 2.32. The molecule has 0 unspecified atom stereocenters. The van der Waals surface area contributed by atoms with Gasteiger partial charge in [-0.2, -0.15) is 0 Å². The first-order valence-corrected chi connectivity index (χ1v) is 10.7. The molecule has 1 saturated heterocycles. The third-order valence-electron chi connectivity index (χ3n) is 5.19. The zero-order valence-corrected chi connectivity index (χ0v) is 18.3. The molecule has 1 aliphatic rings. The molecule has 7 nitrogen and oxygen atoms in total. The average Bonchev–Trinajstić information content (AvgIpc) is 3.32. The summed E-state index contributed by atoms with van der Waals surface area (Å²) in [6.45, 7) is 5.82. The number of likely N-dealkylation sites (tertiary alicyclic amines) is 1. The van der Waals surface area contributed by atoms with Crippen LogP contribution < -0.4 is 5.32 Å². The Morgan fingerprint density at radius 3 is 2.93 bits per heavy atom. The van der Waals surface area contributed by atoms with Crippen LogP contribution in [0.5, 0.6) is 0 Å². The van der Waals surface area contributed by atoms with Gasteiger partial charge in [-0.3, -0.25) is 4.90 Å². The number of aromatic nitrogens is 4. The second-order valence-electron chi connectivity index (χ2n) is 7.44. The topological polar surface area (TPSA) is 79.1 Å². The van der Waals surface area contributed by atoms with Crippen LogP contribution >= 0.6 is 22.6 Å². The van der Waals surface area contributed by atoms with Gasteiger partial charge in [0.25, 0.3) is 0 Å². The highest BCUT2D eigenvalue weighted by Gasteiger charge is 2.29. The number of hydrogen-bond acceptors (Lipinski definition) is 6. The Balaban J connectivity index is 1.73. The number of aliphatic hydroxyl groups excluding tert-OH is 1. The summed E-state index contributed by atoms with van der Waals surface area (Å²) < 4.78 is 3.29. The summed E-state index contributed by atoms with van der Waals surface area (Å²) in [5.41, 5.74) is 2.83. The fraction of sp³-hybridized carbons (Fsp3) is 0.450. The molecule has 1 aliphatic heterocycles. The molecule has 0 spiro atoms. The van der Waals surface area contributed by atoms with Gasteiger partial charge >= 0.3 is 0 Å². The highest BCUT2D eigenvalue weighted by atomic mass is 127. The number of fused-ring (bicyclic) bond motifs is 1. The van der Waals surface area contributed by atoms with Crippen LogP contribution in [-0.2, 0) is 6.54 Å². The molecule has 0 amide bonds. The molecular formula is C20H25IN6O.